The van der Waals surface area contributed by atoms with Crippen molar-refractivity contribution in [1.29, 1.82) is 0 Å². The van der Waals surface area contributed by atoms with Gasteiger partial charge in [0.15, 0.2) is 0 Å². The van der Waals surface area contributed by atoms with E-state index < -0.39 is 0 Å². The van der Waals surface area contributed by atoms with Gasteiger partial charge in [-0.15, -0.1) is 11.3 Å². The van der Waals surface area contributed by atoms with Crippen LogP contribution >= 0.6 is 11.3 Å². The molecule has 1 aromatic heterocycles. The van der Waals surface area contributed by atoms with Crippen molar-refractivity contribution in [2.45, 2.75) is 33.1 Å². The van der Waals surface area contributed by atoms with Gasteiger partial charge in [-0.3, -0.25) is 0 Å². The lowest BCUT2D eigenvalue weighted by Gasteiger charge is -2.10. The molecule has 12 heavy (non-hydrogen) atoms. The fourth-order valence-electron chi connectivity index (χ4n) is 1.36. The first kappa shape index (κ1) is 9.59. The molecule has 0 aromatic carbocycles. The van der Waals surface area contributed by atoms with Crippen LogP contribution in [0.15, 0.2) is 11.4 Å². The number of anilines is 1. The summed E-state index contributed by atoms with van der Waals surface area (Å²) in [5, 5.41) is 2.08. The van der Waals surface area contributed by atoms with Gasteiger partial charge in [0, 0.05) is 10.6 Å². The average Bonchev–Trinajstić information content (AvgIpc) is 2.47. The molecule has 0 spiro atoms. The molecule has 0 amide bonds. The third-order valence-electron chi connectivity index (χ3n) is 2.41. The van der Waals surface area contributed by atoms with Crippen LogP contribution in [0.3, 0.4) is 0 Å². The van der Waals surface area contributed by atoms with Crippen molar-refractivity contribution in [2.24, 2.45) is 5.92 Å². The van der Waals surface area contributed by atoms with E-state index in [0.717, 1.165) is 18.0 Å². The van der Waals surface area contributed by atoms with E-state index in [1.54, 1.807) is 11.3 Å². The van der Waals surface area contributed by atoms with Crippen LogP contribution in [0.2, 0.25) is 0 Å². The Balaban J connectivity index is 2.56. The van der Waals surface area contributed by atoms with Gasteiger partial charge in [0.1, 0.15) is 0 Å². The second-order valence-electron chi connectivity index (χ2n) is 3.19. The smallest absolute Gasteiger partial charge is 0.0455 e. The predicted molar refractivity (Wildman–Crippen MR) is 56.5 cm³/mol. The Kier molecular flexibility index (Phi) is 3.60. The van der Waals surface area contributed by atoms with E-state index in [1.807, 2.05) is 6.07 Å². The zero-order chi connectivity index (χ0) is 8.97. The van der Waals surface area contributed by atoms with Crippen LogP contribution in [-0.2, 0) is 6.42 Å². The first-order valence-electron chi connectivity index (χ1n) is 4.59. The molecule has 2 N–H and O–H groups in total. The lowest BCUT2D eigenvalue weighted by molar-refractivity contribution is 0.494. The van der Waals surface area contributed by atoms with E-state index in [0.29, 0.717) is 0 Å². The van der Waals surface area contributed by atoms with E-state index in [-0.39, 0.29) is 0 Å². The fourth-order valence-corrected chi connectivity index (χ4v) is 2.27. The molecule has 0 saturated carbocycles. The molecule has 1 aromatic rings. The van der Waals surface area contributed by atoms with Gasteiger partial charge in [0.2, 0.25) is 0 Å². The van der Waals surface area contributed by atoms with Crippen molar-refractivity contribution in [1.82, 2.24) is 0 Å². The van der Waals surface area contributed by atoms with Crippen molar-refractivity contribution in [3.63, 3.8) is 0 Å². The summed E-state index contributed by atoms with van der Waals surface area (Å²) < 4.78 is 0. The maximum atomic E-state index is 5.81. The molecule has 1 nitrogen and oxygen atoms in total. The Labute approximate surface area is 78.6 Å². The summed E-state index contributed by atoms with van der Waals surface area (Å²) in [6.07, 6.45) is 3.68. The summed E-state index contributed by atoms with van der Waals surface area (Å²) in [5.41, 5.74) is 6.79. The quantitative estimate of drug-likeness (QED) is 0.761. The minimum Gasteiger partial charge on any atom is -0.398 e. The molecule has 68 valence electrons. The van der Waals surface area contributed by atoms with Gasteiger partial charge >= 0.3 is 0 Å². The number of rotatable bonds is 4. The van der Waals surface area contributed by atoms with Gasteiger partial charge in [-0.2, -0.15) is 0 Å². The SMILES string of the molecule is CCC(CC)Cc1sccc1N. The highest BCUT2D eigenvalue weighted by Gasteiger charge is 2.07. The van der Waals surface area contributed by atoms with Gasteiger partial charge in [-0.05, 0) is 23.8 Å². The largest absolute Gasteiger partial charge is 0.398 e. The number of hydrogen-bond acceptors (Lipinski definition) is 2. The number of nitrogen functional groups attached to an aromatic ring is 1. The lowest BCUT2D eigenvalue weighted by atomic mass is 9.98. The molecule has 0 atom stereocenters. The van der Waals surface area contributed by atoms with Crippen LogP contribution in [0.5, 0.6) is 0 Å². The molecule has 0 aliphatic heterocycles. The normalized spacial score (nSPS) is 10.9. The number of hydrogen-bond donors (Lipinski definition) is 1. The van der Waals surface area contributed by atoms with Gasteiger partial charge in [-0.1, -0.05) is 26.7 Å². The van der Waals surface area contributed by atoms with Gasteiger partial charge in [-0.25, -0.2) is 0 Å². The maximum absolute atomic E-state index is 5.81. The first-order chi connectivity index (χ1) is 5.77. The second kappa shape index (κ2) is 4.51. The van der Waals surface area contributed by atoms with Crippen molar-refractivity contribution in [3.05, 3.63) is 16.3 Å². The highest BCUT2D eigenvalue weighted by Crippen LogP contribution is 2.24. The van der Waals surface area contributed by atoms with Crippen LogP contribution in [0.25, 0.3) is 0 Å². The van der Waals surface area contributed by atoms with E-state index >= 15 is 0 Å². The Morgan fingerprint density at radius 3 is 2.50 bits per heavy atom. The summed E-state index contributed by atoms with van der Waals surface area (Å²) in [4.78, 5) is 1.36. The molecule has 0 fully saturated rings. The molecule has 0 aliphatic rings. The summed E-state index contributed by atoms with van der Waals surface area (Å²) in [6, 6.07) is 2.00. The monoisotopic (exact) mass is 183 g/mol. The Bertz CT molecular complexity index is 225. The third-order valence-corrected chi connectivity index (χ3v) is 3.37. The standard InChI is InChI=1S/C10H17NS/c1-3-8(4-2)7-10-9(11)5-6-12-10/h5-6,8H,3-4,7,11H2,1-2H3. The Hall–Kier alpha value is -0.500. The molecule has 0 aliphatic carbocycles. The molecule has 1 heterocycles. The summed E-state index contributed by atoms with van der Waals surface area (Å²) >= 11 is 1.78. The minimum absolute atomic E-state index is 0.811. The minimum atomic E-state index is 0.811. The third kappa shape index (κ3) is 2.24. The van der Waals surface area contributed by atoms with E-state index in [2.05, 4.69) is 19.2 Å². The van der Waals surface area contributed by atoms with Crippen molar-refractivity contribution in [3.8, 4) is 0 Å². The van der Waals surface area contributed by atoms with Gasteiger partial charge in [0.25, 0.3) is 0 Å². The van der Waals surface area contributed by atoms with Crippen LogP contribution < -0.4 is 5.73 Å². The topological polar surface area (TPSA) is 26.0 Å². The van der Waals surface area contributed by atoms with Crippen molar-refractivity contribution >= 4 is 17.0 Å². The van der Waals surface area contributed by atoms with Crippen LogP contribution in [0.1, 0.15) is 31.6 Å². The van der Waals surface area contributed by atoms with E-state index in [4.69, 9.17) is 5.73 Å². The highest BCUT2D eigenvalue weighted by molar-refractivity contribution is 7.10. The molecular formula is C10H17NS. The number of nitrogens with two attached hydrogens (primary N) is 1. The molecule has 2 heteroatoms. The molecule has 0 unspecified atom stereocenters. The predicted octanol–water partition coefficient (Wildman–Crippen LogP) is 3.31. The molecular weight excluding hydrogens is 166 g/mol. The van der Waals surface area contributed by atoms with Crippen LogP contribution in [0.4, 0.5) is 5.69 Å². The Morgan fingerprint density at radius 2 is 2.08 bits per heavy atom. The van der Waals surface area contributed by atoms with Crippen molar-refractivity contribution in [2.75, 3.05) is 5.73 Å². The Morgan fingerprint density at radius 1 is 1.42 bits per heavy atom. The maximum Gasteiger partial charge on any atom is 0.0455 e. The summed E-state index contributed by atoms with van der Waals surface area (Å²) in [5.74, 6) is 0.811. The lowest BCUT2D eigenvalue weighted by Crippen LogP contribution is -2.01. The van der Waals surface area contributed by atoms with E-state index in [1.165, 1.54) is 17.7 Å². The van der Waals surface area contributed by atoms with Gasteiger partial charge < -0.3 is 5.73 Å². The average molecular weight is 183 g/mol. The molecule has 0 radical (unpaired) electrons. The zero-order valence-electron chi connectivity index (χ0n) is 7.84. The summed E-state index contributed by atoms with van der Waals surface area (Å²) in [7, 11) is 0. The number of thiophene rings is 1. The van der Waals surface area contributed by atoms with Crippen LogP contribution in [0, 0.1) is 5.92 Å². The van der Waals surface area contributed by atoms with Crippen molar-refractivity contribution < 1.29 is 0 Å². The zero-order valence-corrected chi connectivity index (χ0v) is 8.66. The molecule has 0 bridgehead atoms. The van der Waals surface area contributed by atoms with Crippen LogP contribution in [-0.4, -0.2) is 0 Å². The fraction of sp³-hybridized carbons (Fsp3) is 0.600. The highest BCUT2D eigenvalue weighted by atomic mass is 32.1. The second-order valence-corrected chi connectivity index (χ2v) is 4.19. The molecule has 1 rings (SSSR count). The summed E-state index contributed by atoms with van der Waals surface area (Å²) in [6.45, 7) is 4.50. The molecule has 0 saturated heterocycles. The van der Waals surface area contributed by atoms with E-state index in [9.17, 15) is 0 Å². The first-order valence-corrected chi connectivity index (χ1v) is 5.47. The van der Waals surface area contributed by atoms with Gasteiger partial charge in [0.05, 0.1) is 0 Å².